The fourth-order valence-electron chi connectivity index (χ4n) is 2.09. The third kappa shape index (κ3) is 1.81. The second kappa shape index (κ2) is 4.01. The lowest BCUT2D eigenvalue weighted by Gasteiger charge is -2.03. The molecule has 0 aliphatic carbocycles. The van der Waals surface area contributed by atoms with E-state index in [1.165, 1.54) is 12.1 Å². The average Bonchev–Trinajstić information content (AvgIpc) is 2.66. The smallest absolute Gasteiger partial charge is 0.162 e. The number of nitrogens with zero attached hydrogens (tertiary/aromatic N) is 4. The van der Waals surface area contributed by atoms with Crippen molar-refractivity contribution >= 4 is 16.9 Å². The van der Waals surface area contributed by atoms with Crippen LogP contribution in [0.25, 0.3) is 22.4 Å². The molecule has 0 atom stereocenters. The van der Waals surface area contributed by atoms with E-state index in [0.29, 0.717) is 22.7 Å². The van der Waals surface area contributed by atoms with Gasteiger partial charge in [0.2, 0.25) is 0 Å². The quantitative estimate of drug-likeness (QED) is 0.724. The van der Waals surface area contributed by atoms with Crippen LogP contribution in [0.5, 0.6) is 0 Å². The highest BCUT2D eigenvalue weighted by Gasteiger charge is 2.13. The minimum absolute atomic E-state index is 0.296. The third-order valence-corrected chi connectivity index (χ3v) is 2.98. The van der Waals surface area contributed by atoms with E-state index >= 15 is 0 Å². The Bertz CT molecular complexity index is 761. The van der Waals surface area contributed by atoms with Gasteiger partial charge in [-0.15, -0.1) is 0 Å². The van der Waals surface area contributed by atoms with Crippen molar-refractivity contribution in [3.05, 3.63) is 35.8 Å². The maximum Gasteiger partial charge on any atom is 0.162 e. The Hall–Kier alpha value is -2.50. The standard InChI is InChI=1S/C13H12FN5/c1-7-10-11(19(2)18-7)12(15)17-13(16-10)8-3-5-9(14)6-4-8/h3-6H,1-2H3,(H2,15,16,17). The largest absolute Gasteiger partial charge is 0.382 e. The number of halogens is 1. The summed E-state index contributed by atoms with van der Waals surface area (Å²) in [6.07, 6.45) is 0. The average molecular weight is 257 g/mol. The van der Waals surface area contributed by atoms with Gasteiger partial charge in [0, 0.05) is 12.6 Å². The van der Waals surface area contributed by atoms with Gasteiger partial charge in [-0.05, 0) is 31.2 Å². The van der Waals surface area contributed by atoms with E-state index in [1.54, 1.807) is 23.9 Å². The zero-order valence-corrected chi connectivity index (χ0v) is 10.6. The molecule has 2 heterocycles. The molecule has 2 N–H and O–H groups in total. The van der Waals surface area contributed by atoms with Crippen LogP contribution in [0.4, 0.5) is 10.2 Å². The molecule has 1 aromatic carbocycles. The molecule has 0 spiro atoms. The molecule has 0 aliphatic heterocycles. The molecule has 0 aliphatic rings. The van der Waals surface area contributed by atoms with Gasteiger partial charge >= 0.3 is 0 Å². The van der Waals surface area contributed by atoms with Crippen molar-refractivity contribution in [3.63, 3.8) is 0 Å². The fourth-order valence-corrected chi connectivity index (χ4v) is 2.09. The van der Waals surface area contributed by atoms with Gasteiger partial charge in [-0.2, -0.15) is 5.10 Å². The number of hydrogen-bond acceptors (Lipinski definition) is 4. The Labute approximate surface area is 108 Å². The highest BCUT2D eigenvalue weighted by atomic mass is 19.1. The molecule has 0 unspecified atom stereocenters. The van der Waals surface area contributed by atoms with Gasteiger partial charge in [0.05, 0.1) is 5.69 Å². The lowest BCUT2D eigenvalue weighted by Crippen LogP contribution is -2.00. The minimum atomic E-state index is -0.296. The van der Waals surface area contributed by atoms with Crippen molar-refractivity contribution < 1.29 is 4.39 Å². The van der Waals surface area contributed by atoms with Crippen LogP contribution < -0.4 is 5.73 Å². The summed E-state index contributed by atoms with van der Waals surface area (Å²) in [5.41, 5.74) is 8.89. The highest BCUT2D eigenvalue weighted by molar-refractivity contribution is 5.88. The second-order valence-corrected chi connectivity index (χ2v) is 4.35. The van der Waals surface area contributed by atoms with Crippen molar-refractivity contribution in [2.75, 3.05) is 5.73 Å². The number of aromatic nitrogens is 4. The molecule has 3 aromatic rings. The van der Waals surface area contributed by atoms with Crippen molar-refractivity contribution in [1.82, 2.24) is 19.7 Å². The molecule has 0 amide bonds. The van der Waals surface area contributed by atoms with Crippen molar-refractivity contribution in [2.24, 2.45) is 7.05 Å². The number of anilines is 1. The Morgan fingerprint density at radius 1 is 1.16 bits per heavy atom. The van der Waals surface area contributed by atoms with Crippen LogP contribution in [-0.4, -0.2) is 19.7 Å². The summed E-state index contributed by atoms with van der Waals surface area (Å²) in [6, 6.07) is 5.99. The lowest BCUT2D eigenvalue weighted by molar-refractivity contribution is 0.628. The third-order valence-electron chi connectivity index (χ3n) is 2.98. The van der Waals surface area contributed by atoms with Gasteiger partial charge in [-0.3, -0.25) is 4.68 Å². The molecular formula is C13H12FN5. The molecule has 0 saturated carbocycles. The summed E-state index contributed by atoms with van der Waals surface area (Å²) in [5, 5.41) is 4.27. The number of benzene rings is 1. The molecule has 6 heteroatoms. The Kier molecular flexibility index (Phi) is 2.45. The van der Waals surface area contributed by atoms with Crippen LogP contribution in [0.1, 0.15) is 5.69 Å². The number of rotatable bonds is 1. The highest BCUT2D eigenvalue weighted by Crippen LogP contribution is 2.24. The van der Waals surface area contributed by atoms with Crippen LogP contribution in [0, 0.1) is 12.7 Å². The predicted molar refractivity (Wildman–Crippen MR) is 70.8 cm³/mol. The zero-order valence-electron chi connectivity index (χ0n) is 10.6. The lowest BCUT2D eigenvalue weighted by atomic mass is 10.2. The van der Waals surface area contributed by atoms with E-state index in [-0.39, 0.29) is 5.82 Å². The zero-order chi connectivity index (χ0) is 13.6. The van der Waals surface area contributed by atoms with E-state index in [1.807, 2.05) is 6.92 Å². The van der Waals surface area contributed by atoms with Crippen LogP contribution >= 0.6 is 0 Å². The number of aryl methyl sites for hydroxylation is 2. The van der Waals surface area contributed by atoms with Gasteiger partial charge in [-0.25, -0.2) is 14.4 Å². The SMILES string of the molecule is Cc1nn(C)c2c(N)nc(-c3ccc(F)cc3)nc12. The van der Waals surface area contributed by atoms with Crippen molar-refractivity contribution in [1.29, 1.82) is 0 Å². The van der Waals surface area contributed by atoms with Gasteiger partial charge in [0.15, 0.2) is 11.6 Å². The van der Waals surface area contributed by atoms with E-state index < -0.39 is 0 Å². The maximum atomic E-state index is 12.9. The van der Waals surface area contributed by atoms with Crippen LogP contribution in [-0.2, 0) is 7.05 Å². The number of hydrogen-bond donors (Lipinski definition) is 1. The van der Waals surface area contributed by atoms with Gasteiger partial charge in [0.1, 0.15) is 16.9 Å². The molecule has 0 fully saturated rings. The number of nitrogen functional groups attached to an aromatic ring is 1. The first-order chi connectivity index (χ1) is 9.06. The van der Waals surface area contributed by atoms with E-state index in [9.17, 15) is 4.39 Å². The molecule has 3 rings (SSSR count). The summed E-state index contributed by atoms with van der Waals surface area (Å²) in [5.74, 6) is 0.545. The first kappa shape index (κ1) is 11.6. The van der Waals surface area contributed by atoms with E-state index in [4.69, 9.17) is 5.73 Å². The molecule has 5 nitrogen and oxygen atoms in total. The number of fused-ring (bicyclic) bond motifs is 1. The normalized spacial score (nSPS) is 11.1. The first-order valence-electron chi connectivity index (χ1n) is 5.79. The summed E-state index contributed by atoms with van der Waals surface area (Å²) >= 11 is 0. The second-order valence-electron chi connectivity index (χ2n) is 4.35. The van der Waals surface area contributed by atoms with Crippen LogP contribution in [0.2, 0.25) is 0 Å². The minimum Gasteiger partial charge on any atom is -0.382 e. The Morgan fingerprint density at radius 2 is 1.84 bits per heavy atom. The molecule has 0 radical (unpaired) electrons. The molecule has 96 valence electrons. The Morgan fingerprint density at radius 3 is 2.53 bits per heavy atom. The Balaban J connectivity index is 2.26. The topological polar surface area (TPSA) is 69.6 Å². The summed E-state index contributed by atoms with van der Waals surface area (Å²) < 4.78 is 14.6. The molecular weight excluding hydrogens is 245 g/mol. The predicted octanol–water partition coefficient (Wildman–Crippen LogP) is 2.06. The van der Waals surface area contributed by atoms with Gasteiger partial charge < -0.3 is 5.73 Å². The summed E-state index contributed by atoms with van der Waals surface area (Å²) in [6.45, 7) is 1.86. The number of nitrogens with two attached hydrogens (primary N) is 1. The summed E-state index contributed by atoms with van der Waals surface area (Å²) in [7, 11) is 1.80. The first-order valence-corrected chi connectivity index (χ1v) is 5.79. The van der Waals surface area contributed by atoms with Crippen LogP contribution in [0.15, 0.2) is 24.3 Å². The molecule has 2 aromatic heterocycles. The maximum absolute atomic E-state index is 12.9. The van der Waals surface area contributed by atoms with Crippen LogP contribution in [0.3, 0.4) is 0 Å². The van der Waals surface area contributed by atoms with Gasteiger partial charge in [0.25, 0.3) is 0 Å². The molecule has 0 bridgehead atoms. The fraction of sp³-hybridized carbons (Fsp3) is 0.154. The molecule has 0 saturated heterocycles. The van der Waals surface area contributed by atoms with E-state index in [2.05, 4.69) is 15.1 Å². The summed E-state index contributed by atoms with van der Waals surface area (Å²) in [4.78, 5) is 8.72. The van der Waals surface area contributed by atoms with Gasteiger partial charge in [-0.1, -0.05) is 0 Å². The van der Waals surface area contributed by atoms with Crippen molar-refractivity contribution in [3.8, 4) is 11.4 Å². The van der Waals surface area contributed by atoms with Crippen molar-refractivity contribution in [2.45, 2.75) is 6.92 Å². The van der Waals surface area contributed by atoms with E-state index in [0.717, 1.165) is 11.3 Å². The molecule has 19 heavy (non-hydrogen) atoms. The monoisotopic (exact) mass is 257 g/mol.